The Morgan fingerprint density at radius 2 is 2.23 bits per heavy atom. The smallest absolute Gasteiger partial charge is 0.237 e. The summed E-state index contributed by atoms with van der Waals surface area (Å²) in [5, 5.41) is 11.7. The molecule has 0 aliphatic heterocycles. The Balaban J connectivity index is 3.80. The standard InChI is InChI=1S/C9H18ClNO2/c1-4-5-9(3,13)6-11-8(12)7(2)10/h7,13H,4-6H2,1-3H3,(H,11,12). The number of hydrogen-bond donors (Lipinski definition) is 2. The Labute approximate surface area is 84.5 Å². The van der Waals surface area contributed by atoms with Gasteiger partial charge in [0.05, 0.1) is 5.60 Å². The summed E-state index contributed by atoms with van der Waals surface area (Å²) in [6.45, 7) is 5.55. The summed E-state index contributed by atoms with van der Waals surface area (Å²) in [6.07, 6.45) is 1.56. The van der Waals surface area contributed by atoms with Gasteiger partial charge in [-0.3, -0.25) is 4.79 Å². The summed E-state index contributed by atoms with van der Waals surface area (Å²) in [5.74, 6) is -0.238. The topological polar surface area (TPSA) is 49.3 Å². The number of alkyl halides is 1. The zero-order valence-electron chi connectivity index (χ0n) is 8.43. The molecule has 0 aliphatic carbocycles. The Morgan fingerprint density at radius 1 is 1.69 bits per heavy atom. The minimum absolute atomic E-state index is 0.238. The molecule has 13 heavy (non-hydrogen) atoms. The molecular formula is C9H18ClNO2. The van der Waals surface area contributed by atoms with Crippen LogP contribution in [-0.2, 0) is 4.79 Å². The van der Waals surface area contributed by atoms with E-state index >= 15 is 0 Å². The maximum atomic E-state index is 11.0. The zero-order chi connectivity index (χ0) is 10.5. The fourth-order valence-corrected chi connectivity index (χ4v) is 1.12. The quantitative estimate of drug-likeness (QED) is 0.668. The highest BCUT2D eigenvalue weighted by Crippen LogP contribution is 2.10. The van der Waals surface area contributed by atoms with Gasteiger partial charge in [0.2, 0.25) is 5.91 Å². The molecule has 4 heteroatoms. The molecule has 0 radical (unpaired) electrons. The molecule has 3 nitrogen and oxygen atoms in total. The average Bonchev–Trinajstić information content (AvgIpc) is 2.00. The van der Waals surface area contributed by atoms with Gasteiger partial charge in [0.15, 0.2) is 0 Å². The van der Waals surface area contributed by atoms with E-state index in [0.29, 0.717) is 6.42 Å². The lowest BCUT2D eigenvalue weighted by Gasteiger charge is -2.23. The minimum Gasteiger partial charge on any atom is -0.388 e. The lowest BCUT2D eigenvalue weighted by Crippen LogP contribution is -2.42. The van der Waals surface area contributed by atoms with Crippen molar-refractivity contribution in [3.63, 3.8) is 0 Å². The molecule has 0 aromatic rings. The summed E-state index contributed by atoms with van der Waals surface area (Å²) in [6, 6.07) is 0. The first-order valence-electron chi connectivity index (χ1n) is 4.53. The van der Waals surface area contributed by atoms with E-state index in [4.69, 9.17) is 11.6 Å². The minimum atomic E-state index is -0.823. The van der Waals surface area contributed by atoms with Crippen LogP contribution in [-0.4, -0.2) is 28.5 Å². The van der Waals surface area contributed by atoms with E-state index in [-0.39, 0.29) is 12.5 Å². The molecule has 1 amide bonds. The van der Waals surface area contributed by atoms with Crippen molar-refractivity contribution in [3.8, 4) is 0 Å². The van der Waals surface area contributed by atoms with Crippen molar-refractivity contribution in [2.75, 3.05) is 6.54 Å². The second-order valence-corrected chi connectivity index (χ2v) is 4.24. The molecule has 0 bridgehead atoms. The monoisotopic (exact) mass is 207 g/mol. The molecule has 0 fully saturated rings. The van der Waals surface area contributed by atoms with E-state index in [0.717, 1.165) is 6.42 Å². The van der Waals surface area contributed by atoms with Gasteiger partial charge in [-0.15, -0.1) is 11.6 Å². The average molecular weight is 208 g/mol. The molecule has 2 atom stereocenters. The van der Waals surface area contributed by atoms with Crippen molar-refractivity contribution in [2.45, 2.75) is 44.6 Å². The van der Waals surface area contributed by atoms with E-state index < -0.39 is 11.0 Å². The summed E-state index contributed by atoms with van der Waals surface area (Å²) < 4.78 is 0. The summed E-state index contributed by atoms with van der Waals surface area (Å²) in [7, 11) is 0. The normalized spacial score (nSPS) is 17.6. The number of nitrogens with one attached hydrogen (secondary N) is 1. The van der Waals surface area contributed by atoms with Gasteiger partial charge in [-0.2, -0.15) is 0 Å². The fraction of sp³-hybridized carbons (Fsp3) is 0.889. The van der Waals surface area contributed by atoms with Crippen LogP contribution < -0.4 is 5.32 Å². The maximum Gasteiger partial charge on any atom is 0.237 e. The van der Waals surface area contributed by atoms with E-state index in [1.165, 1.54) is 0 Å². The van der Waals surface area contributed by atoms with E-state index in [1.807, 2.05) is 6.92 Å². The van der Waals surface area contributed by atoms with Gasteiger partial charge in [0, 0.05) is 6.54 Å². The van der Waals surface area contributed by atoms with Crippen LogP contribution in [0.4, 0.5) is 0 Å². The molecule has 0 spiro atoms. The number of carbonyl (C=O) groups is 1. The van der Waals surface area contributed by atoms with Crippen LogP contribution in [0, 0.1) is 0 Å². The van der Waals surface area contributed by atoms with Gasteiger partial charge >= 0.3 is 0 Å². The first kappa shape index (κ1) is 12.7. The Morgan fingerprint density at radius 3 is 2.62 bits per heavy atom. The zero-order valence-corrected chi connectivity index (χ0v) is 9.19. The van der Waals surface area contributed by atoms with Gasteiger partial charge in [-0.25, -0.2) is 0 Å². The highest BCUT2D eigenvalue weighted by Gasteiger charge is 2.20. The SMILES string of the molecule is CCCC(C)(O)CNC(=O)C(C)Cl. The van der Waals surface area contributed by atoms with Gasteiger partial charge < -0.3 is 10.4 Å². The van der Waals surface area contributed by atoms with Crippen LogP contribution >= 0.6 is 11.6 Å². The Kier molecular flexibility index (Phi) is 5.33. The van der Waals surface area contributed by atoms with Crippen LogP contribution in [0.2, 0.25) is 0 Å². The van der Waals surface area contributed by atoms with Crippen molar-refractivity contribution in [2.24, 2.45) is 0 Å². The third-order valence-corrected chi connectivity index (χ3v) is 1.99. The predicted molar refractivity (Wildman–Crippen MR) is 53.9 cm³/mol. The third-order valence-electron chi connectivity index (χ3n) is 1.79. The van der Waals surface area contributed by atoms with E-state index in [1.54, 1.807) is 13.8 Å². The van der Waals surface area contributed by atoms with Gasteiger partial charge in [-0.05, 0) is 20.3 Å². The van der Waals surface area contributed by atoms with E-state index in [9.17, 15) is 9.90 Å². The van der Waals surface area contributed by atoms with Crippen molar-refractivity contribution < 1.29 is 9.90 Å². The third kappa shape index (κ3) is 5.88. The molecule has 0 saturated heterocycles. The maximum absolute atomic E-state index is 11.0. The van der Waals surface area contributed by atoms with Crippen molar-refractivity contribution in [1.82, 2.24) is 5.32 Å². The first-order valence-corrected chi connectivity index (χ1v) is 4.97. The number of rotatable bonds is 5. The summed E-state index contributed by atoms with van der Waals surface area (Å²) in [5.41, 5.74) is -0.823. The number of carbonyl (C=O) groups excluding carboxylic acids is 1. The second kappa shape index (κ2) is 5.45. The van der Waals surface area contributed by atoms with Crippen LogP contribution in [0.15, 0.2) is 0 Å². The number of aliphatic hydroxyl groups is 1. The molecule has 2 unspecified atom stereocenters. The molecule has 0 heterocycles. The lowest BCUT2D eigenvalue weighted by molar-refractivity contribution is -0.121. The highest BCUT2D eigenvalue weighted by molar-refractivity contribution is 6.30. The van der Waals surface area contributed by atoms with Crippen LogP contribution in [0.25, 0.3) is 0 Å². The first-order chi connectivity index (χ1) is 5.89. The number of halogens is 1. The van der Waals surface area contributed by atoms with Crippen molar-refractivity contribution >= 4 is 17.5 Å². The Hall–Kier alpha value is -0.280. The van der Waals surface area contributed by atoms with Crippen molar-refractivity contribution in [3.05, 3.63) is 0 Å². The summed E-state index contributed by atoms with van der Waals surface area (Å²) in [4.78, 5) is 11.0. The number of amides is 1. The largest absolute Gasteiger partial charge is 0.388 e. The van der Waals surface area contributed by atoms with Gasteiger partial charge in [0.1, 0.15) is 5.38 Å². The molecule has 78 valence electrons. The van der Waals surface area contributed by atoms with Crippen LogP contribution in [0.1, 0.15) is 33.6 Å². The predicted octanol–water partition coefficient (Wildman–Crippen LogP) is 1.28. The van der Waals surface area contributed by atoms with E-state index in [2.05, 4.69) is 5.32 Å². The van der Waals surface area contributed by atoms with Crippen LogP contribution in [0.5, 0.6) is 0 Å². The molecule has 2 N–H and O–H groups in total. The highest BCUT2D eigenvalue weighted by atomic mass is 35.5. The fourth-order valence-electron chi connectivity index (χ4n) is 1.05. The second-order valence-electron chi connectivity index (χ2n) is 3.58. The van der Waals surface area contributed by atoms with Crippen molar-refractivity contribution in [1.29, 1.82) is 0 Å². The van der Waals surface area contributed by atoms with Gasteiger partial charge in [-0.1, -0.05) is 13.3 Å². The molecular weight excluding hydrogens is 190 g/mol. The molecule has 0 aromatic carbocycles. The molecule has 0 aromatic heterocycles. The summed E-state index contributed by atoms with van der Waals surface area (Å²) >= 11 is 5.54. The van der Waals surface area contributed by atoms with Gasteiger partial charge in [0.25, 0.3) is 0 Å². The Bertz CT molecular complexity index is 169. The van der Waals surface area contributed by atoms with Crippen LogP contribution in [0.3, 0.4) is 0 Å². The number of hydrogen-bond acceptors (Lipinski definition) is 2. The lowest BCUT2D eigenvalue weighted by atomic mass is 10.0. The molecule has 0 aliphatic rings. The molecule has 0 rings (SSSR count). The molecule has 0 saturated carbocycles.